The molecule has 0 aromatic carbocycles. The number of ketones is 1. The summed E-state index contributed by atoms with van der Waals surface area (Å²) in [7, 11) is 0. The average Bonchev–Trinajstić information content (AvgIpc) is 2.88. The molecule has 1 fully saturated rings. The van der Waals surface area contributed by atoms with Crippen LogP contribution in [0.5, 0.6) is 0 Å². The Bertz CT molecular complexity index is 456. The second-order valence-corrected chi connectivity index (χ2v) is 5.61. The Morgan fingerprint density at radius 3 is 2.83 bits per heavy atom. The van der Waals surface area contributed by atoms with Gasteiger partial charge in [0.25, 0.3) is 0 Å². The third-order valence-corrected chi connectivity index (χ3v) is 4.42. The Morgan fingerprint density at radius 2 is 2.28 bits per heavy atom. The Morgan fingerprint density at radius 1 is 1.56 bits per heavy atom. The molecule has 5 heteroatoms. The first-order valence-corrected chi connectivity index (χ1v) is 7.22. The molecule has 1 saturated heterocycles. The van der Waals surface area contributed by atoms with E-state index in [9.17, 15) is 4.79 Å². The largest absolute Gasteiger partial charge is 0.367 e. The van der Waals surface area contributed by atoms with E-state index >= 15 is 0 Å². The molecule has 1 aromatic heterocycles. The predicted molar refractivity (Wildman–Crippen MR) is 72.6 cm³/mol. The lowest BCUT2D eigenvalue weighted by molar-refractivity contribution is -0.128. The minimum atomic E-state index is -0.229. The van der Waals surface area contributed by atoms with Crippen molar-refractivity contribution in [3.63, 3.8) is 0 Å². The zero-order valence-electron chi connectivity index (χ0n) is 11.1. The monoisotopic (exact) mass is 314 g/mol. The Balaban J connectivity index is 2.11. The van der Waals surface area contributed by atoms with E-state index in [4.69, 9.17) is 4.74 Å². The second-order valence-electron chi connectivity index (χ2n) is 4.82. The van der Waals surface area contributed by atoms with E-state index in [1.54, 1.807) is 0 Å². The topological polar surface area (TPSA) is 44.1 Å². The van der Waals surface area contributed by atoms with Crippen LogP contribution in [0.4, 0.5) is 0 Å². The van der Waals surface area contributed by atoms with Crippen molar-refractivity contribution in [2.75, 3.05) is 0 Å². The lowest BCUT2D eigenvalue weighted by Gasteiger charge is -2.11. The Hall–Kier alpha value is -0.680. The number of aryl methyl sites for hydroxylation is 2. The highest BCUT2D eigenvalue weighted by Gasteiger charge is 2.29. The van der Waals surface area contributed by atoms with Crippen molar-refractivity contribution in [3.8, 4) is 0 Å². The van der Waals surface area contributed by atoms with Crippen molar-refractivity contribution in [1.29, 1.82) is 0 Å². The van der Waals surface area contributed by atoms with E-state index in [2.05, 4.69) is 21.0 Å². The molecule has 2 rings (SSSR count). The molecular weight excluding hydrogens is 296 g/mol. The molecule has 0 spiro atoms. The number of nitrogens with zero attached hydrogens (tertiary/aromatic N) is 2. The second kappa shape index (κ2) is 5.53. The van der Waals surface area contributed by atoms with Crippen molar-refractivity contribution in [2.45, 2.75) is 58.8 Å². The number of aromatic nitrogens is 2. The van der Waals surface area contributed by atoms with Crippen LogP contribution >= 0.6 is 15.9 Å². The van der Waals surface area contributed by atoms with E-state index < -0.39 is 0 Å². The fourth-order valence-electron chi connectivity index (χ4n) is 2.36. The summed E-state index contributed by atoms with van der Waals surface area (Å²) >= 11 is 3.51. The van der Waals surface area contributed by atoms with Gasteiger partial charge in [-0.15, -0.1) is 0 Å². The highest BCUT2D eigenvalue weighted by Crippen LogP contribution is 2.25. The lowest BCUT2D eigenvalue weighted by Crippen LogP contribution is -2.24. The van der Waals surface area contributed by atoms with Gasteiger partial charge in [-0.25, -0.2) is 0 Å². The van der Waals surface area contributed by atoms with Crippen molar-refractivity contribution >= 4 is 21.7 Å². The molecule has 18 heavy (non-hydrogen) atoms. The van der Waals surface area contributed by atoms with E-state index in [-0.39, 0.29) is 18.0 Å². The van der Waals surface area contributed by atoms with Gasteiger partial charge in [0.05, 0.1) is 28.4 Å². The van der Waals surface area contributed by atoms with Crippen molar-refractivity contribution in [3.05, 3.63) is 15.9 Å². The average molecular weight is 315 g/mol. The van der Waals surface area contributed by atoms with Gasteiger partial charge in [-0.05, 0) is 49.5 Å². The first-order chi connectivity index (χ1) is 8.52. The zero-order chi connectivity index (χ0) is 13.3. The van der Waals surface area contributed by atoms with E-state index in [0.29, 0.717) is 6.42 Å². The zero-order valence-corrected chi connectivity index (χ0v) is 12.7. The van der Waals surface area contributed by atoms with Crippen LogP contribution in [0.2, 0.25) is 0 Å². The maximum atomic E-state index is 12.2. The molecular formula is C13H19BrN2O2. The van der Waals surface area contributed by atoms with Crippen LogP contribution in [0.25, 0.3) is 0 Å². The quantitative estimate of drug-likeness (QED) is 0.858. The van der Waals surface area contributed by atoms with E-state index in [0.717, 1.165) is 35.2 Å². The van der Waals surface area contributed by atoms with Crippen LogP contribution in [-0.4, -0.2) is 27.8 Å². The summed E-state index contributed by atoms with van der Waals surface area (Å²) in [4.78, 5) is 12.2. The molecule has 1 aromatic rings. The van der Waals surface area contributed by atoms with Crippen molar-refractivity contribution < 1.29 is 9.53 Å². The maximum Gasteiger partial charge on any atom is 0.167 e. The van der Waals surface area contributed by atoms with Crippen LogP contribution in [0.1, 0.15) is 38.1 Å². The van der Waals surface area contributed by atoms with Gasteiger partial charge in [0, 0.05) is 6.54 Å². The highest BCUT2D eigenvalue weighted by atomic mass is 79.9. The van der Waals surface area contributed by atoms with Gasteiger partial charge in [0.2, 0.25) is 0 Å². The maximum absolute atomic E-state index is 12.2. The molecule has 0 aliphatic carbocycles. The molecule has 2 heterocycles. The number of halogens is 1. The number of rotatable bonds is 4. The highest BCUT2D eigenvalue weighted by molar-refractivity contribution is 9.10. The summed E-state index contributed by atoms with van der Waals surface area (Å²) in [5.74, 6) is 0.162. The molecule has 0 N–H and O–H groups in total. The first-order valence-electron chi connectivity index (χ1n) is 6.42. The van der Waals surface area contributed by atoms with Gasteiger partial charge >= 0.3 is 0 Å². The summed E-state index contributed by atoms with van der Waals surface area (Å²) in [6.45, 7) is 6.76. The number of carbonyl (C=O) groups is 1. The summed E-state index contributed by atoms with van der Waals surface area (Å²) < 4.78 is 8.45. The summed E-state index contributed by atoms with van der Waals surface area (Å²) in [6, 6.07) is 0. The summed E-state index contributed by atoms with van der Waals surface area (Å²) in [6.07, 6.45) is 2.19. The molecule has 0 radical (unpaired) electrons. The van der Waals surface area contributed by atoms with Crippen LogP contribution in [0, 0.1) is 6.92 Å². The van der Waals surface area contributed by atoms with Crippen molar-refractivity contribution in [1.82, 2.24) is 9.78 Å². The molecule has 4 nitrogen and oxygen atoms in total. The first kappa shape index (κ1) is 13.7. The molecule has 2 atom stereocenters. The Labute approximate surface area is 116 Å². The van der Waals surface area contributed by atoms with Gasteiger partial charge in [-0.1, -0.05) is 0 Å². The summed E-state index contributed by atoms with van der Waals surface area (Å²) in [5.41, 5.74) is 1.89. The normalized spacial score (nSPS) is 23.6. The fourth-order valence-corrected chi connectivity index (χ4v) is 2.78. The van der Waals surface area contributed by atoms with E-state index in [1.165, 1.54) is 0 Å². The molecule has 1 aliphatic heterocycles. The molecule has 0 bridgehead atoms. The minimum Gasteiger partial charge on any atom is -0.367 e. The predicted octanol–water partition coefficient (Wildman–Crippen LogP) is 2.65. The fraction of sp³-hybridized carbons (Fsp3) is 0.692. The number of ether oxygens (including phenoxy) is 1. The smallest absolute Gasteiger partial charge is 0.167 e. The van der Waals surface area contributed by atoms with Crippen molar-refractivity contribution in [2.24, 2.45) is 0 Å². The molecule has 2 unspecified atom stereocenters. The number of carbonyl (C=O) groups excluding carboxylic acids is 1. The third-order valence-electron chi connectivity index (χ3n) is 3.39. The van der Waals surface area contributed by atoms with Crippen LogP contribution in [0.3, 0.4) is 0 Å². The molecule has 0 amide bonds. The van der Waals surface area contributed by atoms with Gasteiger partial charge in [-0.2, -0.15) is 5.10 Å². The number of Topliss-reactive ketones (excluding diaryl/α,β-unsaturated/α-hetero) is 1. The van der Waals surface area contributed by atoms with Crippen LogP contribution in [0.15, 0.2) is 4.47 Å². The number of hydrogen-bond donors (Lipinski definition) is 0. The number of hydrogen-bond acceptors (Lipinski definition) is 3. The van der Waals surface area contributed by atoms with Gasteiger partial charge in [0.15, 0.2) is 5.78 Å². The third kappa shape index (κ3) is 2.67. The molecule has 0 saturated carbocycles. The standard InChI is InChI=1S/C13H19BrN2O2/c1-4-16-10(13(14)9(3)15-16)7-11(17)12-6-5-8(2)18-12/h8,12H,4-7H2,1-3H3. The van der Waals surface area contributed by atoms with E-state index in [1.807, 2.05) is 25.5 Å². The van der Waals surface area contributed by atoms with Gasteiger partial charge in [-0.3, -0.25) is 9.48 Å². The van der Waals surface area contributed by atoms with Crippen LogP contribution in [-0.2, 0) is 22.5 Å². The van der Waals surface area contributed by atoms with Gasteiger partial charge < -0.3 is 4.74 Å². The SMILES string of the molecule is CCn1nc(C)c(Br)c1CC(=O)C1CCC(C)O1. The van der Waals surface area contributed by atoms with Crippen LogP contribution < -0.4 is 0 Å². The Kier molecular flexibility index (Phi) is 4.22. The molecule has 100 valence electrons. The minimum absolute atomic E-state index is 0.162. The molecule has 1 aliphatic rings. The lowest BCUT2D eigenvalue weighted by atomic mass is 10.1. The van der Waals surface area contributed by atoms with Gasteiger partial charge in [0.1, 0.15) is 6.10 Å². The summed E-state index contributed by atoms with van der Waals surface area (Å²) in [5, 5.41) is 4.40.